The van der Waals surface area contributed by atoms with E-state index in [-0.39, 0.29) is 5.82 Å². The molecule has 0 atom stereocenters. The van der Waals surface area contributed by atoms with Gasteiger partial charge in [-0.1, -0.05) is 0 Å². The fourth-order valence-electron chi connectivity index (χ4n) is 2.76. The van der Waals surface area contributed by atoms with Gasteiger partial charge in [-0.25, -0.2) is 14.4 Å². The van der Waals surface area contributed by atoms with Crippen molar-refractivity contribution in [2.45, 2.75) is 6.92 Å². The summed E-state index contributed by atoms with van der Waals surface area (Å²) in [5.74, 6) is 1.42. The Morgan fingerprint density at radius 2 is 1.88 bits per heavy atom. The summed E-state index contributed by atoms with van der Waals surface area (Å²) in [4.78, 5) is 13.2. The van der Waals surface area contributed by atoms with E-state index in [1.165, 1.54) is 12.1 Å². The maximum absolute atomic E-state index is 13.7. The van der Waals surface area contributed by atoms with Crippen molar-refractivity contribution >= 4 is 22.5 Å². The van der Waals surface area contributed by atoms with E-state index >= 15 is 0 Å². The molecule has 0 bridgehead atoms. The number of fused-ring (bicyclic) bond motifs is 1. The van der Waals surface area contributed by atoms with E-state index in [9.17, 15) is 4.39 Å². The Morgan fingerprint density at radius 1 is 1.08 bits per heavy atom. The second-order valence-electron chi connectivity index (χ2n) is 5.70. The Morgan fingerprint density at radius 3 is 2.65 bits per heavy atom. The molecule has 0 aliphatic heterocycles. The van der Waals surface area contributed by atoms with Crippen LogP contribution in [0.5, 0.6) is 0 Å². The van der Waals surface area contributed by atoms with Gasteiger partial charge in [0.1, 0.15) is 11.6 Å². The zero-order chi connectivity index (χ0) is 18.1. The Bertz CT molecular complexity index is 1140. The fourth-order valence-corrected chi connectivity index (χ4v) is 2.76. The van der Waals surface area contributed by atoms with E-state index in [4.69, 9.17) is 5.26 Å². The van der Waals surface area contributed by atoms with Crippen molar-refractivity contribution in [2.24, 2.45) is 0 Å². The molecule has 0 unspecified atom stereocenters. The molecule has 2 heterocycles. The van der Waals surface area contributed by atoms with Gasteiger partial charge in [0, 0.05) is 11.8 Å². The van der Waals surface area contributed by atoms with Crippen LogP contribution in [0.1, 0.15) is 11.4 Å². The first kappa shape index (κ1) is 15.7. The summed E-state index contributed by atoms with van der Waals surface area (Å²) in [7, 11) is 0. The topological polar surface area (TPSA) is 79.4 Å². The number of aromatic nitrogens is 4. The maximum atomic E-state index is 13.7. The molecule has 7 heteroatoms. The lowest BCUT2D eigenvalue weighted by Crippen LogP contribution is -2.03. The van der Waals surface area contributed by atoms with Crippen molar-refractivity contribution in [1.82, 2.24) is 19.5 Å². The summed E-state index contributed by atoms with van der Waals surface area (Å²) in [6.07, 6.45) is 3.19. The van der Waals surface area contributed by atoms with Gasteiger partial charge >= 0.3 is 0 Å². The molecule has 126 valence electrons. The maximum Gasteiger partial charge on any atom is 0.159 e. The Balaban J connectivity index is 1.73. The van der Waals surface area contributed by atoms with Gasteiger partial charge in [-0.3, -0.25) is 9.55 Å². The summed E-state index contributed by atoms with van der Waals surface area (Å²) in [6.45, 7) is 1.83. The van der Waals surface area contributed by atoms with E-state index < -0.39 is 0 Å². The minimum atomic E-state index is -0.335. The summed E-state index contributed by atoms with van der Waals surface area (Å²) in [6, 6.07) is 13.5. The van der Waals surface area contributed by atoms with E-state index in [0.29, 0.717) is 34.1 Å². The molecule has 26 heavy (non-hydrogen) atoms. The lowest BCUT2D eigenvalue weighted by molar-refractivity contribution is 0.629. The number of nitrogens with zero attached hydrogens (tertiary/aromatic N) is 5. The van der Waals surface area contributed by atoms with Gasteiger partial charge in [-0.15, -0.1) is 0 Å². The number of halogens is 1. The number of imidazole rings is 1. The van der Waals surface area contributed by atoms with Crippen LogP contribution in [0, 0.1) is 24.1 Å². The first-order valence-electron chi connectivity index (χ1n) is 7.88. The van der Waals surface area contributed by atoms with Crippen LogP contribution in [0.3, 0.4) is 0 Å². The number of benzene rings is 2. The predicted molar refractivity (Wildman–Crippen MR) is 95.8 cm³/mol. The molecule has 6 nitrogen and oxygen atoms in total. The van der Waals surface area contributed by atoms with Gasteiger partial charge < -0.3 is 5.32 Å². The highest BCUT2D eigenvalue weighted by atomic mass is 19.1. The number of hydrogen-bond donors (Lipinski definition) is 1. The molecule has 0 aliphatic rings. The molecule has 0 amide bonds. The number of aryl methyl sites for hydroxylation is 1. The van der Waals surface area contributed by atoms with Crippen LogP contribution in [0.25, 0.3) is 16.9 Å². The van der Waals surface area contributed by atoms with Gasteiger partial charge in [-0.2, -0.15) is 5.26 Å². The highest BCUT2D eigenvalue weighted by Gasteiger charge is 2.12. The van der Waals surface area contributed by atoms with Crippen molar-refractivity contribution in [2.75, 3.05) is 5.32 Å². The first-order valence-corrected chi connectivity index (χ1v) is 7.88. The minimum Gasteiger partial charge on any atom is -0.339 e. The van der Waals surface area contributed by atoms with Gasteiger partial charge in [0.15, 0.2) is 11.6 Å². The van der Waals surface area contributed by atoms with Crippen molar-refractivity contribution in [3.05, 3.63) is 72.1 Å². The van der Waals surface area contributed by atoms with Gasteiger partial charge in [0.05, 0.1) is 35.1 Å². The first-order chi connectivity index (χ1) is 12.6. The lowest BCUT2D eigenvalue weighted by atomic mass is 10.2. The third-order valence-electron chi connectivity index (χ3n) is 3.92. The monoisotopic (exact) mass is 344 g/mol. The smallest absolute Gasteiger partial charge is 0.159 e. The molecule has 2 aromatic heterocycles. The standard InChI is InChI=1S/C19H13FN6/c1-12-23-16-7-4-14(20)8-17(16)26(12)19-11-22-10-18(25-19)24-15-5-2-13(9-21)3-6-15/h2-8,10-11H,1H3,(H,24,25). The summed E-state index contributed by atoms with van der Waals surface area (Å²) in [5, 5.41) is 12.0. The second kappa shape index (κ2) is 6.26. The molecule has 0 spiro atoms. The quantitative estimate of drug-likeness (QED) is 0.610. The Hall–Kier alpha value is -3.79. The molecule has 0 saturated carbocycles. The number of rotatable bonds is 3. The summed E-state index contributed by atoms with van der Waals surface area (Å²) >= 11 is 0. The van der Waals surface area contributed by atoms with E-state index in [2.05, 4.69) is 26.3 Å². The highest BCUT2D eigenvalue weighted by Crippen LogP contribution is 2.22. The molecule has 4 rings (SSSR count). The number of hydrogen-bond acceptors (Lipinski definition) is 5. The molecule has 4 aromatic rings. The number of nitrogens with one attached hydrogen (secondary N) is 1. The lowest BCUT2D eigenvalue weighted by Gasteiger charge is -2.09. The molecule has 0 aliphatic carbocycles. The molecular formula is C19H13FN6. The highest BCUT2D eigenvalue weighted by molar-refractivity contribution is 5.78. The van der Waals surface area contributed by atoms with Crippen LogP contribution in [0.15, 0.2) is 54.9 Å². The van der Waals surface area contributed by atoms with Crippen molar-refractivity contribution in [3.8, 4) is 11.9 Å². The minimum absolute atomic E-state index is 0.335. The zero-order valence-corrected chi connectivity index (χ0v) is 13.8. The Labute approximate surface area is 148 Å². The molecule has 0 radical (unpaired) electrons. The molecule has 0 fully saturated rings. The molecule has 0 saturated heterocycles. The predicted octanol–water partition coefficient (Wildman–Crippen LogP) is 3.88. The zero-order valence-electron chi connectivity index (χ0n) is 13.8. The Kier molecular flexibility index (Phi) is 3.78. The average Bonchev–Trinajstić information content (AvgIpc) is 2.97. The third kappa shape index (κ3) is 2.84. The van der Waals surface area contributed by atoms with Crippen LogP contribution >= 0.6 is 0 Å². The van der Waals surface area contributed by atoms with E-state index in [1.807, 2.05) is 6.92 Å². The van der Waals surface area contributed by atoms with Crippen LogP contribution in [-0.2, 0) is 0 Å². The van der Waals surface area contributed by atoms with Crippen LogP contribution in [-0.4, -0.2) is 19.5 Å². The van der Waals surface area contributed by atoms with Crippen molar-refractivity contribution in [3.63, 3.8) is 0 Å². The van der Waals surface area contributed by atoms with Crippen LogP contribution < -0.4 is 5.32 Å². The summed E-state index contributed by atoms with van der Waals surface area (Å²) < 4.78 is 15.4. The van der Waals surface area contributed by atoms with E-state index in [1.54, 1.807) is 47.3 Å². The fraction of sp³-hybridized carbons (Fsp3) is 0.0526. The van der Waals surface area contributed by atoms with Crippen LogP contribution in [0.4, 0.5) is 15.9 Å². The third-order valence-corrected chi connectivity index (χ3v) is 3.92. The van der Waals surface area contributed by atoms with Gasteiger partial charge in [0.2, 0.25) is 0 Å². The van der Waals surface area contributed by atoms with Crippen molar-refractivity contribution < 1.29 is 4.39 Å². The van der Waals surface area contributed by atoms with Crippen LogP contribution in [0.2, 0.25) is 0 Å². The average molecular weight is 344 g/mol. The number of nitriles is 1. The van der Waals surface area contributed by atoms with Gasteiger partial charge in [0.25, 0.3) is 0 Å². The largest absolute Gasteiger partial charge is 0.339 e. The molecule has 2 aromatic carbocycles. The molecular weight excluding hydrogens is 331 g/mol. The summed E-state index contributed by atoms with van der Waals surface area (Å²) in [5.41, 5.74) is 2.69. The van der Waals surface area contributed by atoms with Crippen molar-refractivity contribution in [1.29, 1.82) is 5.26 Å². The van der Waals surface area contributed by atoms with Gasteiger partial charge in [-0.05, 0) is 43.3 Å². The molecule has 1 N–H and O–H groups in total. The van der Waals surface area contributed by atoms with E-state index in [0.717, 1.165) is 5.69 Å². The number of anilines is 2. The second-order valence-corrected chi connectivity index (χ2v) is 5.70. The normalized spacial score (nSPS) is 10.7. The SMILES string of the molecule is Cc1nc2ccc(F)cc2n1-c1cncc(Nc2ccc(C#N)cc2)n1.